The summed E-state index contributed by atoms with van der Waals surface area (Å²) in [5.74, 6) is 0.465. The Balaban J connectivity index is 1.63. The fraction of sp³-hybridized carbons (Fsp3) is 0.226. The minimum Gasteiger partial charge on any atom is -0.496 e. The van der Waals surface area contributed by atoms with Crippen molar-refractivity contribution in [2.75, 3.05) is 14.2 Å². The minimum atomic E-state index is -0.512. The summed E-state index contributed by atoms with van der Waals surface area (Å²) >= 11 is 0. The number of benzene rings is 3. The number of para-hydroxylation sites is 1. The molecule has 2 aromatic heterocycles. The number of ether oxygens (including phenoxy) is 2. The van der Waals surface area contributed by atoms with Crippen molar-refractivity contribution in [1.29, 1.82) is 0 Å². The zero-order valence-corrected chi connectivity index (χ0v) is 21.5. The van der Waals surface area contributed by atoms with Crippen LogP contribution in [0.2, 0.25) is 0 Å². The highest BCUT2D eigenvalue weighted by Crippen LogP contribution is 2.38. The Kier molecular flexibility index (Phi) is 6.57. The van der Waals surface area contributed by atoms with Crippen LogP contribution in [0.15, 0.2) is 69.9 Å². The van der Waals surface area contributed by atoms with E-state index in [4.69, 9.17) is 13.9 Å². The lowest BCUT2D eigenvalue weighted by Gasteiger charge is -2.14. The number of rotatable bonds is 8. The molecule has 188 valence electrons. The number of aromatic nitrogens is 1. The van der Waals surface area contributed by atoms with Crippen molar-refractivity contribution in [3.8, 4) is 11.5 Å². The van der Waals surface area contributed by atoms with Crippen molar-refractivity contribution in [2.45, 2.75) is 33.2 Å². The molecule has 0 radical (unpaired) electrons. The molecular weight excluding hydrogens is 466 g/mol. The van der Waals surface area contributed by atoms with Gasteiger partial charge in [0.2, 0.25) is 0 Å². The maximum Gasteiger partial charge on any atom is 0.336 e. The van der Waals surface area contributed by atoms with Crippen LogP contribution in [-0.2, 0) is 13.0 Å². The first-order chi connectivity index (χ1) is 18.0. The molecule has 0 spiro atoms. The highest BCUT2D eigenvalue weighted by molar-refractivity contribution is 6.17. The molecule has 0 atom stereocenters. The van der Waals surface area contributed by atoms with E-state index in [9.17, 15) is 9.59 Å². The molecule has 0 saturated heterocycles. The van der Waals surface area contributed by atoms with Gasteiger partial charge in [-0.2, -0.15) is 0 Å². The van der Waals surface area contributed by atoms with E-state index >= 15 is 0 Å². The van der Waals surface area contributed by atoms with Crippen molar-refractivity contribution < 1.29 is 18.7 Å². The van der Waals surface area contributed by atoms with Gasteiger partial charge in [-0.3, -0.25) is 4.79 Å². The molecule has 0 aliphatic rings. The number of ketones is 1. The summed E-state index contributed by atoms with van der Waals surface area (Å²) in [5, 5.41) is 2.93. The number of aryl methyl sites for hydroxylation is 2. The first-order valence-electron chi connectivity index (χ1n) is 12.5. The molecule has 6 heteroatoms. The smallest absolute Gasteiger partial charge is 0.336 e. The van der Waals surface area contributed by atoms with Crippen LogP contribution in [0.3, 0.4) is 0 Å². The fourth-order valence-corrected chi connectivity index (χ4v) is 5.16. The number of hydrogen-bond donors (Lipinski definition) is 0. The van der Waals surface area contributed by atoms with Crippen molar-refractivity contribution in [3.05, 3.63) is 87.8 Å². The number of hydrogen-bond acceptors (Lipinski definition) is 5. The number of carbonyl (C=O) groups excluding carboxylic acids is 1. The van der Waals surface area contributed by atoms with Crippen LogP contribution in [0.4, 0.5) is 0 Å². The number of carbonyl (C=O) groups is 1. The summed E-state index contributed by atoms with van der Waals surface area (Å²) in [6, 6.07) is 17.6. The second-order valence-electron chi connectivity index (χ2n) is 8.94. The normalized spacial score (nSPS) is 11.7. The summed E-state index contributed by atoms with van der Waals surface area (Å²) in [4.78, 5) is 26.0. The third-order valence-corrected chi connectivity index (χ3v) is 6.77. The van der Waals surface area contributed by atoms with Crippen LogP contribution in [0, 0.1) is 0 Å². The first kappa shape index (κ1) is 24.4. The molecule has 0 unspecified atom stereocenters. The average molecular weight is 496 g/mol. The molecular formula is C31H29NO5. The number of fused-ring (bicyclic) bond motifs is 4. The topological polar surface area (TPSA) is 70.7 Å². The number of methoxy groups -OCH3 is 2. The maximum absolute atomic E-state index is 13.5. The predicted octanol–water partition coefficient (Wildman–Crippen LogP) is 6.79. The van der Waals surface area contributed by atoms with Crippen molar-refractivity contribution in [1.82, 2.24) is 4.57 Å². The maximum atomic E-state index is 13.5. The highest BCUT2D eigenvalue weighted by Gasteiger charge is 2.23. The number of allylic oxidation sites excluding steroid dienone is 1. The Morgan fingerprint density at radius 2 is 1.70 bits per heavy atom. The van der Waals surface area contributed by atoms with Gasteiger partial charge in [-0.05, 0) is 48.7 Å². The number of nitrogens with zero attached hydrogens (tertiary/aromatic N) is 1. The third-order valence-electron chi connectivity index (χ3n) is 6.77. The lowest BCUT2D eigenvalue weighted by Crippen LogP contribution is -2.07. The molecule has 5 aromatic rings. The molecule has 6 nitrogen and oxygen atoms in total. The van der Waals surface area contributed by atoms with Crippen molar-refractivity contribution >= 4 is 44.6 Å². The van der Waals surface area contributed by atoms with Crippen LogP contribution >= 0.6 is 0 Å². The van der Waals surface area contributed by atoms with Crippen LogP contribution < -0.4 is 15.1 Å². The van der Waals surface area contributed by atoms with E-state index < -0.39 is 5.63 Å². The Morgan fingerprint density at radius 3 is 2.43 bits per heavy atom. The second kappa shape index (κ2) is 9.97. The summed E-state index contributed by atoms with van der Waals surface area (Å²) in [7, 11) is 3.02. The van der Waals surface area contributed by atoms with E-state index in [0.717, 1.165) is 35.0 Å². The summed E-state index contributed by atoms with van der Waals surface area (Å²) in [6.07, 6.45) is 4.76. The van der Waals surface area contributed by atoms with Crippen LogP contribution in [0.5, 0.6) is 11.5 Å². The van der Waals surface area contributed by atoms with Gasteiger partial charge in [0.15, 0.2) is 11.4 Å². The van der Waals surface area contributed by atoms with Gasteiger partial charge in [0, 0.05) is 40.5 Å². The van der Waals surface area contributed by atoms with Gasteiger partial charge in [0.25, 0.3) is 0 Å². The fourth-order valence-electron chi connectivity index (χ4n) is 5.16. The van der Waals surface area contributed by atoms with Gasteiger partial charge in [0.05, 0.1) is 19.6 Å². The average Bonchev–Trinajstić information content (AvgIpc) is 3.23. The third kappa shape index (κ3) is 4.18. The quantitative estimate of drug-likeness (QED) is 0.135. The lowest BCUT2D eigenvalue weighted by molar-refractivity contribution is 0.104. The zero-order valence-electron chi connectivity index (χ0n) is 21.5. The Hall–Kier alpha value is -4.32. The van der Waals surface area contributed by atoms with E-state index in [1.54, 1.807) is 19.3 Å². The first-order valence-corrected chi connectivity index (χ1v) is 12.5. The standard InChI is InChI=1S/C31H29NO5/c1-5-9-20-17-28(34)37-31-29(20)26(35-3)18-27(36-4)30(31)25(33)15-13-19-12-14-24-22(16-19)21-10-7-8-11-23(21)32(24)6-2/h7-8,10-18H,5-6,9H2,1-4H3/b15-13+. The van der Waals surface area contributed by atoms with Gasteiger partial charge in [-0.15, -0.1) is 0 Å². The van der Waals surface area contributed by atoms with Crippen molar-refractivity contribution in [3.63, 3.8) is 0 Å². The largest absolute Gasteiger partial charge is 0.496 e. The van der Waals surface area contributed by atoms with Gasteiger partial charge < -0.3 is 18.5 Å². The van der Waals surface area contributed by atoms with E-state index in [0.29, 0.717) is 17.6 Å². The molecule has 0 amide bonds. The SMILES string of the molecule is CCCc1cc(=O)oc2c(C(=O)/C=C/c3ccc4c(c3)c3ccccc3n4CC)c(OC)cc(OC)c12. The minimum absolute atomic E-state index is 0.184. The molecule has 0 N–H and O–H groups in total. The Bertz CT molecular complexity index is 1740. The molecule has 5 rings (SSSR count). The Labute approximate surface area is 214 Å². The second-order valence-corrected chi connectivity index (χ2v) is 8.94. The molecule has 0 aliphatic carbocycles. The lowest BCUT2D eigenvalue weighted by atomic mass is 9.98. The summed E-state index contributed by atoms with van der Waals surface area (Å²) in [5.41, 5.74) is 3.89. The molecule has 0 saturated carbocycles. The van der Waals surface area contributed by atoms with Gasteiger partial charge in [-0.25, -0.2) is 4.79 Å². The molecule has 0 aliphatic heterocycles. The summed E-state index contributed by atoms with van der Waals surface area (Å²) in [6.45, 7) is 5.03. The van der Waals surface area contributed by atoms with E-state index in [2.05, 4.69) is 35.8 Å². The van der Waals surface area contributed by atoms with E-state index in [1.165, 1.54) is 30.2 Å². The van der Waals surface area contributed by atoms with Crippen molar-refractivity contribution in [2.24, 2.45) is 0 Å². The van der Waals surface area contributed by atoms with Crippen LogP contribution in [0.25, 0.3) is 38.9 Å². The highest BCUT2D eigenvalue weighted by atomic mass is 16.5. The molecule has 3 aromatic carbocycles. The van der Waals surface area contributed by atoms with Crippen LogP contribution in [0.1, 0.15) is 41.8 Å². The predicted molar refractivity (Wildman–Crippen MR) is 148 cm³/mol. The van der Waals surface area contributed by atoms with Gasteiger partial charge in [0.1, 0.15) is 17.1 Å². The van der Waals surface area contributed by atoms with Gasteiger partial charge >= 0.3 is 5.63 Å². The zero-order chi connectivity index (χ0) is 26.1. The van der Waals surface area contributed by atoms with E-state index in [1.807, 2.05) is 25.1 Å². The molecule has 2 heterocycles. The van der Waals surface area contributed by atoms with Crippen LogP contribution in [-0.4, -0.2) is 24.6 Å². The monoisotopic (exact) mass is 495 g/mol. The van der Waals surface area contributed by atoms with E-state index in [-0.39, 0.29) is 22.7 Å². The molecule has 37 heavy (non-hydrogen) atoms. The molecule has 0 fully saturated rings. The summed E-state index contributed by atoms with van der Waals surface area (Å²) < 4.78 is 19.0. The van der Waals surface area contributed by atoms with Gasteiger partial charge in [-0.1, -0.05) is 43.7 Å². The molecule has 0 bridgehead atoms. The Morgan fingerprint density at radius 1 is 0.946 bits per heavy atom.